The number of benzene rings is 1. The van der Waals surface area contributed by atoms with Crippen LogP contribution in [0.3, 0.4) is 0 Å². The van der Waals surface area contributed by atoms with Crippen LogP contribution in [0.1, 0.15) is 25.3 Å². The van der Waals surface area contributed by atoms with Gasteiger partial charge in [-0.2, -0.15) is 0 Å². The lowest BCUT2D eigenvalue weighted by Gasteiger charge is -2.31. The highest BCUT2D eigenvalue weighted by atomic mass is 31.2. The summed E-state index contributed by atoms with van der Waals surface area (Å²) in [5.74, 6) is 1.27. The number of rotatable bonds is 4. The van der Waals surface area contributed by atoms with Crippen LogP contribution in [-0.2, 0) is 4.74 Å². The van der Waals surface area contributed by atoms with Crippen LogP contribution in [0.4, 0.5) is 0 Å². The molecule has 20 heavy (non-hydrogen) atoms. The van der Waals surface area contributed by atoms with Gasteiger partial charge >= 0.3 is 0 Å². The Morgan fingerprint density at radius 1 is 1.30 bits per heavy atom. The summed E-state index contributed by atoms with van der Waals surface area (Å²) in [6.07, 6.45) is 0. The van der Waals surface area contributed by atoms with Crippen LogP contribution < -0.4 is 10.0 Å². The van der Waals surface area contributed by atoms with Gasteiger partial charge in [-0.3, -0.25) is 0 Å². The van der Waals surface area contributed by atoms with E-state index in [2.05, 4.69) is 24.6 Å². The average molecular weight is 298 g/mol. The molecule has 1 aliphatic heterocycles. The molecule has 5 heteroatoms. The normalized spacial score (nSPS) is 19.9. The molecule has 1 N–H and O–H groups in total. The first-order valence-electron chi connectivity index (χ1n) is 7.07. The van der Waals surface area contributed by atoms with Gasteiger partial charge in [0.05, 0.1) is 40.1 Å². The van der Waals surface area contributed by atoms with Crippen molar-refractivity contribution in [3.05, 3.63) is 23.8 Å². The first-order valence-corrected chi connectivity index (χ1v) is 9.22. The first kappa shape index (κ1) is 15.7. The van der Waals surface area contributed by atoms with Gasteiger partial charge in [-0.15, -0.1) is 4.67 Å². The summed E-state index contributed by atoms with van der Waals surface area (Å²) in [4.78, 5) is 11.0. The predicted molar refractivity (Wildman–Crippen MR) is 84.2 cm³/mol. The van der Waals surface area contributed by atoms with Gasteiger partial charge in [0.2, 0.25) is 7.64 Å². The van der Waals surface area contributed by atoms with E-state index in [4.69, 9.17) is 9.47 Å². The van der Waals surface area contributed by atoms with Crippen molar-refractivity contribution in [3.8, 4) is 5.75 Å². The lowest BCUT2D eigenvalue weighted by Crippen LogP contribution is -2.39. The fraction of sp³-hybridized carbons (Fsp3) is 0.600. The van der Waals surface area contributed by atoms with Crippen LogP contribution in [0.25, 0.3) is 0 Å². The van der Waals surface area contributed by atoms with Crippen LogP contribution in [0.2, 0.25) is 0 Å². The number of hydrogen-bond donors (Lipinski definition) is 1. The third kappa shape index (κ3) is 3.15. The van der Waals surface area contributed by atoms with E-state index >= 15 is 0 Å². The van der Waals surface area contributed by atoms with Gasteiger partial charge in [0.15, 0.2) is 0 Å². The molecule has 1 aromatic rings. The quantitative estimate of drug-likeness (QED) is 0.866. The van der Waals surface area contributed by atoms with E-state index in [0.717, 1.165) is 24.1 Å². The van der Waals surface area contributed by atoms with E-state index in [0.29, 0.717) is 19.1 Å². The van der Waals surface area contributed by atoms with E-state index in [1.54, 1.807) is 7.11 Å². The van der Waals surface area contributed by atoms with Gasteiger partial charge < -0.3 is 9.47 Å². The molecule has 0 bridgehead atoms. The molecule has 2 rings (SSSR count). The van der Waals surface area contributed by atoms with Crippen LogP contribution in [0, 0.1) is 0 Å². The zero-order valence-corrected chi connectivity index (χ0v) is 13.7. The van der Waals surface area contributed by atoms with E-state index in [1.165, 1.54) is 5.56 Å². The lowest BCUT2D eigenvalue weighted by atomic mass is 10.0. The van der Waals surface area contributed by atoms with Crippen molar-refractivity contribution in [1.82, 2.24) is 4.67 Å². The number of ether oxygens (including phenoxy) is 2. The molecule has 4 nitrogen and oxygen atoms in total. The standard InChI is InChI=1S/C15H25NO3P/c1-12(2)14-6-5-13(11-15(14)18-3)20(4,17)16-7-9-19-10-8-16/h5-6,11-12,17H,7-10H2,1-4H3/q+1. The van der Waals surface area contributed by atoms with Crippen LogP contribution in [0.5, 0.6) is 5.75 Å². The minimum atomic E-state index is -2.29. The largest absolute Gasteiger partial charge is 0.496 e. The molecule has 1 atom stereocenters. The zero-order chi connectivity index (χ0) is 14.8. The Morgan fingerprint density at radius 3 is 2.50 bits per heavy atom. The Hall–Kier alpha value is -0.670. The topological polar surface area (TPSA) is 41.9 Å². The minimum Gasteiger partial charge on any atom is -0.496 e. The molecule has 0 amide bonds. The van der Waals surface area contributed by atoms with Crippen molar-refractivity contribution < 1.29 is 14.4 Å². The number of methoxy groups -OCH3 is 1. The van der Waals surface area contributed by atoms with Gasteiger partial charge in [0, 0.05) is 6.07 Å². The molecule has 0 radical (unpaired) electrons. The van der Waals surface area contributed by atoms with Gasteiger partial charge in [0.25, 0.3) is 0 Å². The van der Waals surface area contributed by atoms with E-state index in [9.17, 15) is 4.89 Å². The smallest absolute Gasteiger partial charge is 0.241 e. The third-order valence-electron chi connectivity index (χ3n) is 3.87. The second-order valence-electron chi connectivity index (χ2n) is 5.56. The number of morpholine rings is 1. The average Bonchev–Trinajstić information content (AvgIpc) is 2.47. The monoisotopic (exact) mass is 298 g/mol. The third-order valence-corrected chi connectivity index (χ3v) is 6.62. The van der Waals surface area contributed by atoms with Crippen LogP contribution in [0.15, 0.2) is 18.2 Å². The fourth-order valence-corrected chi connectivity index (χ4v) is 4.53. The lowest BCUT2D eigenvalue weighted by molar-refractivity contribution is 0.0708. The molecule has 1 heterocycles. The van der Waals surface area contributed by atoms with Crippen LogP contribution in [-0.4, -0.2) is 49.6 Å². The molecule has 0 aromatic heterocycles. The van der Waals surface area contributed by atoms with Crippen molar-refractivity contribution in [2.75, 3.05) is 40.1 Å². The van der Waals surface area contributed by atoms with Gasteiger partial charge in [-0.05, 0) is 17.5 Å². The minimum absolute atomic E-state index is 0.408. The Morgan fingerprint density at radius 2 is 1.95 bits per heavy atom. The van der Waals surface area contributed by atoms with E-state index < -0.39 is 7.64 Å². The first-order chi connectivity index (χ1) is 9.46. The Kier molecular flexibility index (Phi) is 5.03. The molecule has 0 saturated carbocycles. The summed E-state index contributed by atoms with van der Waals surface area (Å²) >= 11 is 0. The summed E-state index contributed by atoms with van der Waals surface area (Å²) < 4.78 is 13.0. The summed E-state index contributed by atoms with van der Waals surface area (Å²) in [5, 5.41) is 0.973. The van der Waals surface area contributed by atoms with Crippen molar-refractivity contribution in [3.63, 3.8) is 0 Å². The molecule has 1 aliphatic rings. The van der Waals surface area contributed by atoms with E-state index in [-0.39, 0.29) is 0 Å². The number of nitrogens with zero attached hydrogens (tertiary/aromatic N) is 1. The van der Waals surface area contributed by atoms with Gasteiger partial charge in [-0.25, -0.2) is 4.89 Å². The van der Waals surface area contributed by atoms with Crippen LogP contribution >= 0.6 is 7.64 Å². The summed E-state index contributed by atoms with van der Waals surface area (Å²) in [5.41, 5.74) is 1.18. The zero-order valence-electron chi connectivity index (χ0n) is 12.8. The maximum Gasteiger partial charge on any atom is 0.241 e. The molecular formula is C15H25NO3P+. The SMILES string of the molecule is COc1cc([P+](C)(O)N2CCOCC2)ccc1C(C)C. The number of hydrogen-bond acceptors (Lipinski definition) is 4. The van der Waals surface area contributed by atoms with Crippen molar-refractivity contribution in [1.29, 1.82) is 0 Å². The Bertz CT molecular complexity index is 456. The highest BCUT2D eigenvalue weighted by Gasteiger charge is 2.42. The molecule has 1 fully saturated rings. The summed E-state index contributed by atoms with van der Waals surface area (Å²) in [7, 11) is -0.600. The Balaban J connectivity index is 2.31. The van der Waals surface area contributed by atoms with Crippen molar-refractivity contribution in [2.45, 2.75) is 19.8 Å². The van der Waals surface area contributed by atoms with Crippen molar-refractivity contribution >= 4 is 12.9 Å². The maximum absolute atomic E-state index is 11.0. The molecule has 0 aliphatic carbocycles. The van der Waals surface area contributed by atoms with Crippen molar-refractivity contribution in [2.24, 2.45) is 0 Å². The molecule has 1 unspecified atom stereocenters. The fourth-order valence-electron chi connectivity index (χ4n) is 2.55. The molecule has 1 saturated heterocycles. The Labute approximate surface area is 122 Å². The van der Waals surface area contributed by atoms with Gasteiger partial charge in [-0.1, -0.05) is 19.9 Å². The highest BCUT2D eigenvalue weighted by Crippen LogP contribution is 2.53. The predicted octanol–water partition coefficient (Wildman–Crippen LogP) is 2.25. The second-order valence-corrected chi connectivity index (χ2v) is 8.47. The highest BCUT2D eigenvalue weighted by molar-refractivity contribution is 7.74. The molecule has 112 valence electrons. The maximum atomic E-state index is 11.0. The van der Waals surface area contributed by atoms with Gasteiger partial charge in [0.1, 0.15) is 11.1 Å². The molecule has 0 spiro atoms. The summed E-state index contributed by atoms with van der Waals surface area (Å²) in [6, 6.07) is 6.12. The second kappa shape index (κ2) is 6.40. The molecule has 1 aromatic carbocycles. The molecular weight excluding hydrogens is 273 g/mol. The van der Waals surface area contributed by atoms with E-state index in [1.807, 2.05) is 18.8 Å². The summed E-state index contributed by atoms with van der Waals surface area (Å²) in [6.45, 7) is 9.19.